The molecule has 0 bridgehead atoms. The Morgan fingerprint density at radius 1 is 1.29 bits per heavy atom. The first-order valence-corrected chi connectivity index (χ1v) is 8.50. The van der Waals surface area contributed by atoms with Crippen molar-refractivity contribution in [3.63, 3.8) is 0 Å². The first-order valence-electron chi connectivity index (χ1n) is 8.12. The molecule has 1 atom stereocenters. The number of benzene rings is 1. The highest BCUT2D eigenvalue weighted by atomic mass is 35.5. The SMILES string of the molecule is CC(CN1CCCCC1)NCc1cc(Cl)cc2c1OCC2. The molecule has 21 heavy (non-hydrogen) atoms. The van der Waals surface area contributed by atoms with E-state index in [4.69, 9.17) is 16.3 Å². The van der Waals surface area contributed by atoms with Gasteiger partial charge in [0.05, 0.1) is 6.61 Å². The maximum atomic E-state index is 6.21. The summed E-state index contributed by atoms with van der Waals surface area (Å²) in [6, 6.07) is 4.55. The van der Waals surface area contributed by atoms with Crippen LogP contribution in [0.5, 0.6) is 5.75 Å². The van der Waals surface area contributed by atoms with Crippen molar-refractivity contribution in [2.45, 2.75) is 45.2 Å². The van der Waals surface area contributed by atoms with E-state index in [0.717, 1.165) is 36.9 Å². The summed E-state index contributed by atoms with van der Waals surface area (Å²) in [6.07, 6.45) is 5.07. The van der Waals surface area contributed by atoms with E-state index in [2.05, 4.69) is 17.1 Å². The molecule has 2 heterocycles. The monoisotopic (exact) mass is 308 g/mol. The van der Waals surface area contributed by atoms with Crippen LogP contribution in [0.1, 0.15) is 37.3 Å². The van der Waals surface area contributed by atoms with E-state index in [1.807, 2.05) is 12.1 Å². The molecule has 0 spiro atoms. The number of halogens is 1. The number of piperidine rings is 1. The molecule has 1 aromatic carbocycles. The lowest BCUT2D eigenvalue weighted by Gasteiger charge is -2.29. The zero-order valence-corrected chi connectivity index (χ0v) is 13.6. The van der Waals surface area contributed by atoms with Gasteiger partial charge in [-0.2, -0.15) is 0 Å². The van der Waals surface area contributed by atoms with Crippen LogP contribution in [0.15, 0.2) is 12.1 Å². The van der Waals surface area contributed by atoms with Crippen LogP contribution in [0.2, 0.25) is 5.02 Å². The van der Waals surface area contributed by atoms with E-state index < -0.39 is 0 Å². The lowest BCUT2D eigenvalue weighted by atomic mass is 10.1. The van der Waals surface area contributed by atoms with Crippen LogP contribution in [0.4, 0.5) is 0 Å². The number of ether oxygens (including phenoxy) is 1. The zero-order chi connectivity index (χ0) is 14.7. The van der Waals surface area contributed by atoms with Crippen molar-refractivity contribution in [2.24, 2.45) is 0 Å². The van der Waals surface area contributed by atoms with Crippen LogP contribution in [0.3, 0.4) is 0 Å². The standard InChI is InChI=1S/C17H25ClN2O/c1-13(12-20-6-3-2-4-7-20)19-11-15-10-16(18)9-14-5-8-21-17(14)15/h9-10,13,19H,2-8,11-12H2,1H3. The number of hydrogen-bond donors (Lipinski definition) is 1. The summed E-state index contributed by atoms with van der Waals surface area (Å²) >= 11 is 6.21. The fraction of sp³-hybridized carbons (Fsp3) is 0.647. The highest BCUT2D eigenvalue weighted by Gasteiger charge is 2.18. The zero-order valence-electron chi connectivity index (χ0n) is 12.8. The first kappa shape index (κ1) is 15.1. The Bertz CT molecular complexity index is 486. The minimum atomic E-state index is 0.485. The highest BCUT2D eigenvalue weighted by molar-refractivity contribution is 6.30. The molecule has 3 rings (SSSR count). The van der Waals surface area contributed by atoms with Gasteiger partial charge in [-0.05, 0) is 50.6 Å². The van der Waals surface area contributed by atoms with Crippen molar-refractivity contribution >= 4 is 11.6 Å². The van der Waals surface area contributed by atoms with Crippen molar-refractivity contribution in [3.05, 3.63) is 28.3 Å². The van der Waals surface area contributed by atoms with Crippen molar-refractivity contribution in [1.29, 1.82) is 0 Å². The molecule has 0 radical (unpaired) electrons. The van der Waals surface area contributed by atoms with E-state index in [-0.39, 0.29) is 0 Å². The first-order chi connectivity index (χ1) is 10.2. The Morgan fingerprint density at radius 2 is 2.10 bits per heavy atom. The van der Waals surface area contributed by atoms with Crippen LogP contribution >= 0.6 is 11.6 Å². The average molecular weight is 309 g/mol. The third kappa shape index (κ3) is 3.91. The normalized spacial score (nSPS) is 20.1. The third-order valence-electron chi connectivity index (χ3n) is 4.45. The molecule has 1 N–H and O–H groups in total. The average Bonchev–Trinajstić information content (AvgIpc) is 2.94. The van der Waals surface area contributed by atoms with E-state index >= 15 is 0 Å². The number of nitrogens with zero attached hydrogens (tertiary/aromatic N) is 1. The lowest BCUT2D eigenvalue weighted by molar-refractivity contribution is 0.208. The van der Waals surface area contributed by atoms with Crippen molar-refractivity contribution in [1.82, 2.24) is 10.2 Å². The summed E-state index contributed by atoms with van der Waals surface area (Å²) in [5.41, 5.74) is 2.45. The fourth-order valence-corrected chi connectivity index (χ4v) is 3.62. The molecule has 1 aromatic rings. The lowest BCUT2D eigenvalue weighted by Crippen LogP contribution is -2.41. The second-order valence-corrected chi connectivity index (χ2v) is 6.73. The molecule has 0 amide bonds. The predicted octanol–water partition coefficient (Wildman–Crippen LogP) is 3.24. The molecular weight excluding hydrogens is 284 g/mol. The van der Waals surface area contributed by atoms with Crippen molar-refractivity contribution in [2.75, 3.05) is 26.2 Å². The number of rotatable bonds is 5. The van der Waals surface area contributed by atoms with Crippen LogP contribution in [-0.2, 0) is 13.0 Å². The maximum absolute atomic E-state index is 6.21. The minimum absolute atomic E-state index is 0.485. The second kappa shape index (κ2) is 6.99. The van der Waals surface area contributed by atoms with Crippen LogP contribution in [0, 0.1) is 0 Å². The highest BCUT2D eigenvalue weighted by Crippen LogP contribution is 2.32. The molecule has 1 saturated heterocycles. The van der Waals surface area contributed by atoms with Gasteiger partial charge < -0.3 is 15.0 Å². The number of hydrogen-bond acceptors (Lipinski definition) is 3. The Hall–Kier alpha value is -0.770. The molecule has 0 aliphatic carbocycles. The van der Waals surface area contributed by atoms with Gasteiger partial charge in [-0.15, -0.1) is 0 Å². The second-order valence-electron chi connectivity index (χ2n) is 6.29. The smallest absolute Gasteiger partial charge is 0.127 e. The quantitative estimate of drug-likeness (QED) is 0.904. The number of fused-ring (bicyclic) bond motifs is 1. The van der Waals surface area contributed by atoms with Gasteiger partial charge in [-0.1, -0.05) is 18.0 Å². The molecule has 116 valence electrons. The van der Waals surface area contributed by atoms with Crippen LogP contribution in [-0.4, -0.2) is 37.2 Å². The van der Waals surface area contributed by atoms with E-state index in [1.54, 1.807) is 0 Å². The number of likely N-dealkylation sites (tertiary alicyclic amines) is 1. The Balaban J connectivity index is 1.55. The van der Waals surface area contributed by atoms with Gasteiger partial charge in [0.25, 0.3) is 0 Å². The topological polar surface area (TPSA) is 24.5 Å². The molecule has 1 fully saturated rings. The molecule has 1 unspecified atom stereocenters. The fourth-order valence-electron chi connectivity index (χ4n) is 3.36. The summed E-state index contributed by atoms with van der Waals surface area (Å²) in [4.78, 5) is 2.57. The summed E-state index contributed by atoms with van der Waals surface area (Å²) < 4.78 is 5.76. The molecule has 3 nitrogen and oxygen atoms in total. The van der Waals surface area contributed by atoms with Crippen molar-refractivity contribution in [3.8, 4) is 5.75 Å². The van der Waals surface area contributed by atoms with Crippen LogP contribution in [0.25, 0.3) is 0 Å². The van der Waals surface area contributed by atoms with E-state index in [9.17, 15) is 0 Å². The van der Waals surface area contributed by atoms with E-state index in [1.165, 1.54) is 43.5 Å². The summed E-state index contributed by atoms with van der Waals surface area (Å²) in [7, 11) is 0. The van der Waals surface area contributed by atoms with Gasteiger partial charge in [0.1, 0.15) is 5.75 Å². The number of nitrogens with one attached hydrogen (secondary N) is 1. The predicted molar refractivity (Wildman–Crippen MR) is 87.2 cm³/mol. The molecule has 0 saturated carbocycles. The van der Waals surface area contributed by atoms with Gasteiger partial charge in [0.15, 0.2) is 0 Å². The molecule has 4 heteroatoms. The van der Waals surface area contributed by atoms with Gasteiger partial charge in [0.2, 0.25) is 0 Å². The summed E-state index contributed by atoms with van der Waals surface area (Å²) in [5, 5.41) is 4.44. The van der Waals surface area contributed by atoms with Gasteiger partial charge in [-0.25, -0.2) is 0 Å². The minimum Gasteiger partial charge on any atom is -0.493 e. The molecule has 0 aromatic heterocycles. The van der Waals surface area contributed by atoms with E-state index in [0.29, 0.717) is 6.04 Å². The Labute approximate surface area is 132 Å². The Morgan fingerprint density at radius 3 is 2.90 bits per heavy atom. The maximum Gasteiger partial charge on any atom is 0.127 e. The van der Waals surface area contributed by atoms with Gasteiger partial charge in [0, 0.05) is 36.1 Å². The largest absolute Gasteiger partial charge is 0.493 e. The molecule has 2 aliphatic heterocycles. The Kier molecular flexibility index (Phi) is 5.04. The van der Waals surface area contributed by atoms with Gasteiger partial charge in [-0.3, -0.25) is 0 Å². The molecular formula is C17H25ClN2O. The van der Waals surface area contributed by atoms with Crippen molar-refractivity contribution < 1.29 is 4.74 Å². The van der Waals surface area contributed by atoms with Crippen LogP contribution < -0.4 is 10.1 Å². The third-order valence-corrected chi connectivity index (χ3v) is 4.67. The molecule has 2 aliphatic rings. The summed E-state index contributed by atoms with van der Waals surface area (Å²) in [6.45, 7) is 7.51. The van der Waals surface area contributed by atoms with Gasteiger partial charge >= 0.3 is 0 Å². The summed E-state index contributed by atoms with van der Waals surface area (Å²) in [5.74, 6) is 1.05.